The highest BCUT2D eigenvalue weighted by atomic mass is 16.3. The van der Waals surface area contributed by atoms with Crippen molar-refractivity contribution in [2.75, 3.05) is 5.32 Å². The monoisotopic (exact) mass is 246 g/mol. The number of amides is 1. The number of benzene rings is 1. The molecule has 0 spiro atoms. The van der Waals surface area contributed by atoms with Crippen LogP contribution in [0, 0.1) is 5.92 Å². The molecule has 0 aliphatic heterocycles. The van der Waals surface area contributed by atoms with Gasteiger partial charge in [-0.1, -0.05) is 30.4 Å². The molecule has 18 heavy (non-hydrogen) atoms. The van der Waals surface area contributed by atoms with Gasteiger partial charge in [-0.2, -0.15) is 0 Å². The Hall–Kier alpha value is -1.65. The Bertz CT molecular complexity index is 469. The van der Waals surface area contributed by atoms with Crippen molar-refractivity contribution in [1.29, 1.82) is 0 Å². The zero-order valence-corrected chi connectivity index (χ0v) is 10.3. The fourth-order valence-corrected chi connectivity index (χ4v) is 2.12. The van der Waals surface area contributed by atoms with Gasteiger partial charge in [0.25, 0.3) is 0 Å². The van der Waals surface area contributed by atoms with E-state index in [-0.39, 0.29) is 17.9 Å². The van der Waals surface area contributed by atoms with E-state index in [4.69, 9.17) is 5.73 Å². The number of carbonyl (C=O) groups is 1. The number of rotatable bonds is 3. The van der Waals surface area contributed by atoms with E-state index >= 15 is 0 Å². The van der Waals surface area contributed by atoms with E-state index in [0.717, 1.165) is 5.56 Å². The summed E-state index contributed by atoms with van der Waals surface area (Å²) in [4.78, 5) is 12.0. The summed E-state index contributed by atoms with van der Waals surface area (Å²) in [5.74, 6) is -0.255. The molecular formula is C14H18N2O2. The molecule has 4 N–H and O–H groups in total. The Morgan fingerprint density at radius 2 is 2.17 bits per heavy atom. The smallest absolute Gasteiger partial charge is 0.231 e. The lowest BCUT2D eigenvalue weighted by atomic mass is 10.1. The van der Waals surface area contributed by atoms with Crippen molar-refractivity contribution in [2.24, 2.45) is 11.7 Å². The van der Waals surface area contributed by atoms with Gasteiger partial charge in [-0.15, -0.1) is 0 Å². The Balaban J connectivity index is 2.10. The van der Waals surface area contributed by atoms with Gasteiger partial charge in [0.05, 0.1) is 12.0 Å². The van der Waals surface area contributed by atoms with Crippen LogP contribution in [-0.2, 0) is 4.79 Å². The topological polar surface area (TPSA) is 75.3 Å². The maximum absolute atomic E-state index is 12.0. The molecule has 1 aliphatic rings. The van der Waals surface area contributed by atoms with Gasteiger partial charge in [0, 0.05) is 17.3 Å². The second kappa shape index (κ2) is 5.33. The fourth-order valence-electron chi connectivity index (χ4n) is 2.12. The highest BCUT2D eigenvalue weighted by Gasteiger charge is 2.23. The molecule has 0 fully saturated rings. The van der Waals surface area contributed by atoms with Crippen LogP contribution < -0.4 is 11.1 Å². The van der Waals surface area contributed by atoms with Crippen molar-refractivity contribution in [3.8, 4) is 0 Å². The van der Waals surface area contributed by atoms with Crippen LogP contribution in [-0.4, -0.2) is 17.1 Å². The van der Waals surface area contributed by atoms with Gasteiger partial charge in [-0.25, -0.2) is 0 Å². The Kier molecular flexibility index (Phi) is 3.79. The molecule has 0 heterocycles. The molecule has 1 amide bonds. The highest BCUT2D eigenvalue weighted by Crippen LogP contribution is 2.24. The normalized spacial score (nSPS) is 23.9. The van der Waals surface area contributed by atoms with E-state index in [1.165, 1.54) is 0 Å². The minimum Gasteiger partial charge on any atom is -0.389 e. The third kappa shape index (κ3) is 2.78. The maximum atomic E-state index is 12.0. The first-order valence-corrected chi connectivity index (χ1v) is 6.09. The van der Waals surface area contributed by atoms with Crippen molar-refractivity contribution in [3.63, 3.8) is 0 Å². The number of carbonyl (C=O) groups excluding carboxylic acids is 1. The molecule has 96 valence electrons. The van der Waals surface area contributed by atoms with Crippen LogP contribution in [0.1, 0.15) is 25.0 Å². The number of hydrogen-bond donors (Lipinski definition) is 3. The number of nitrogens with two attached hydrogens (primary N) is 1. The second-order valence-electron chi connectivity index (χ2n) is 4.64. The number of hydrogen-bond acceptors (Lipinski definition) is 3. The van der Waals surface area contributed by atoms with Crippen molar-refractivity contribution >= 4 is 11.6 Å². The molecule has 0 saturated heterocycles. The molecule has 0 radical (unpaired) electrons. The minimum atomic E-state index is -0.608. The van der Waals surface area contributed by atoms with E-state index in [9.17, 15) is 9.90 Å². The molecule has 1 aromatic carbocycles. The Morgan fingerprint density at radius 3 is 2.78 bits per heavy atom. The standard InChI is InChI=1S/C14H18N2O2/c1-9(17)12-4-2-3-5-13(12)16-14(18)10-6-7-11(15)8-10/h2-7,9-11,17H,8,15H2,1H3,(H,16,18). The number of nitrogens with one attached hydrogen (secondary N) is 1. The summed E-state index contributed by atoms with van der Waals surface area (Å²) in [7, 11) is 0. The van der Waals surface area contributed by atoms with Crippen LogP contribution in [0.5, 0.6) is 0 Å². The summed E-state index contributed by atoms with van der Waals surface area (Å²) in [5, 5.41) is 12.5. The zero-order valence-electron chi connectivity index (χ0n) is 10.3. The van der Waals surface area contributed by atoms with Crippen molar-refractivity contribution in [2.45, 2.75) is 25.5 Å². The van der Waals surface area contributed by atoms with Gasteiger partial charge < -0.3 is 16.2 Å². The first kappa shape index (κ1) is 12.8. The molecular weight excluding hydrogens is 228 g/mol. The van der Waals surface area contributed by atoms with Crippen LogP contribution in [0.3, 0.4) is 0 Å². The molecule has 1 aromatic rings. The van der Waals surface area contributed by atoms with Gasteiger partial charge >= 0.3 is 0 Å². The van der Waals surface area contributed by atoms with Crippen molar-refractivity contribution < 1.29 is 9.90 Å². The molecule has 3 atom stereocenters. The molecule has 3 unspecified atom stereocenters. The lowest BCUT2D eigenvalue weighted by Crippen LogP contribution is -2.24. The molecule has 0 saturated carbocycles. The predicted octanol–water partition coefficient (Wildman–Crippen LogP) is 1.58. The summed E-state index contributed by atoms with van der Waals surface area (Å²) < 4.78 is 0. The lowest BCUT2D eigenvalue weighted by Gasteiger charge is -2.15. The summed E-state index contributed by atoms with van der Waals surface area (Å²) in [6, 6.07) is 7.23. The first-order chi connectivity index (χ1) is 8.58. The summed E-state index contributed by atoms with van der Waals surface area (Å²) in [6.07, 6.45) is 3.72. The average Bonchev–Trinajstić information content (AvgIpc) is 2.76. The fraction of sp³-hybridized carbons (Fsp3) is 0.357. The third-order valence-electron chi connectivity index (χ3n) is 3.12. The van der Waals surface area contributed by atoms with Crippen LogP contribution in [0.15, 0.2) is 36.4 Å². The molecule has 4 heteroatoms. The number of aliphatic hydroxyl groups is 1. The van der Waals surface area contributed by atoms with Gasteiger partial charge in [-0.05, 0) is 19.4 Å². The van der Waals surface area contributed by atoms with Crippen LogP contribution in [0.4, 0.5) is 5.69 Å². The highest BCUT2D eigenvalue weighted by molar-refractivity contribution is 5.94. The summed E-state index contributed by atoms with van der Waals surface area (Å²) >= 11 is 0. The van der Waals surface area contributed by atoms with Gasteiger partial charge in [0.1, 0.15) is 0 Å². The summed E-state index contributed by atoms with van der Waals surface area (Å²) in [6.45, 7) is 1.68. The first-order valence-electron chi connectivity index (χ1n) is 6.09. The number of aliphatic hydroxyl groups excluding tert-OH is 1. The number of anilines is 1. The maximum Gasteiger partial charge on any atom is 0.231 e. The van der Waals surface area contributed by atoms with Crippen LogP contribution >= 0.6 is 0 Å². The minimum absolute atomic E-state index is 0.0345. The summed E-state index contributed by atoms with van der Waals surface area (Å²) in [5.41, 5.74) is 7.11. The molecule has 1 aliphatic carbocycles. The van der Waals surface area contributed by atoms with E-state index in [1.54, 1.807) is 19.1 Å². The van der Waals surface area contributed by atoms with Crippen LogP contribution in [0.2, 0.25) is 0 Å². The lowest BCUT2D eigenvalue weighted by molar-refractivity contribution is -0.118. The van der Waals surface area contributed by atoms with E-state index < -0.39 is 6.10 Å². The molecule has 0 bridgehead atoms. The molecule has 4 nitrogen and oxygen atoms in total. The van der Waals surface area contributed by atoms with Gasteiger partial charge in [-0.3, -0.25) is 4.79 Å². The molecule has 0 aromatic heterocycles. The van der Waals surface area contributed by atoms with Gasteiger partial charge in [0.15, 0.2) is 0 Å². The van der Waals surface area contributed by atoms with E-state index in [0.29, 0.717) is 12.1 Å². The van der Waals surface area contributed by atoms with E-state index in [1.807, 2.05) is 24.3 Å². The second-order valence-corrected chi connectivity index (χ2v) is 4.64. The largest absolute Gasteiger partial charge is 0.389 e. The Morgan fingerprint density at radius 1 is 1.44 bits per heavy atom. The SMILES string of the molecule is CC(O)c1ccccc1NC(=O)C1C=CC(N)C1. The van der Waals surface area contributed by atoms with E-state index in [2.05, 4.69) is 5.32 Å². The third-order valence-corrected chi connectivity index (χ3v) is 3.12. The molecule has 2 rings (SSSR count). The van der Waals surface area contributed by atoms with Gasteiger partial charge in [0.2, 0.25) is 5.91 Å². The predicted molar refractivity (Wildman–Crippen MR) is 70.9 cm³/mol. The quantitative estimate of drug-likeness (QED) is 0.709. The van der Waals surface area contributed by atoms with Crippen LogP contribution in [0.25, 0.3) is 0 Å². The van der Waals surface area contributed by atoms with Crippen molar-refractivity contribution in [3.05, 3.63) is 42.0 Å². The zero-order chi connectivity index (χ0) is 13.1. The number of para-hydroxylation sites is 1. The Labute approximate surface area is 107 Å². The average molecular weight is 246 g/mol. The van der Waals surface area contributed by atoms with Crippen molar-refractivity contribution in [1.82, 2.24) is 0 Å².